The standard InChI is InChI=1S/C12H18B2O2/c1-11(2)12(3,4)16-14(15-11)10-7-5-9(13)6-8-10/h5-8H,13H2,1-4H3. The quantitative estimate of drug-likeness (QED) is 0.626. The summed E-state index contributed by atoms with van der Waals surface area (Å²) in [6.45, 7) is 8.28. The minimum Gasteiger partial charge on any atom is -0.399 e. The van der Waals surface area contributed by atoms with Gasteiger partial charge in [-0.2, -0.15) is 0 Å². The molecule has 0 aromatic heterocycles. The highest BCUT2D eigenvalue weighted by Gasteiger charge is 2.51. The topological polar surface area (TPSA) is 18.5 Å². The fourth-order valence-corrected chi connectivity index (χ4v) is 1.70. The molecular weight excluding hydrogens is 198 g/mol. The molecule has 1 fully saturated rings. The summed E-state index contributed by atoms with van der Waals surface area (Å²) in [7, 11) is 1.83. The van der Waals surface area contributed by atoms with Crippen LogP contribution in [0, 0.1) is 0 Å². The van der Waals surface area contributed by atoms with Crippen LogP contribution in [0.3, 0.4) is 0 Å². The molecule has 1 aromatic rings. The summed E-state index contributed by atoms with van der Waals surface area (Å²) >= 11 is 0. The average molecular weight is 216 g/mol. The molecule has 0 spiro atoms. The molecule has 0 aliphatic carbocycles. The van der Waals surface area contributed by atoms with Crippen LogP contribution in [-0.2, 0) is 9.31 Å². The Hall–Kier alpha value is -0.730. The second-order valence-electron chi connectivity index (χ2n) is 5.50. The summed E-state index contributed by atoms with van der Waals surface area (Å²) in [5, 5.41) is 0. The number of rotatable bonds is 1. The second-order valence-corrected chi connectivity index (χ2v) is 5.50. The van der Waals surface area contributed by atoms with Gasteiger partial charge in [0, 0.05) is 0 Å². The Morgan fingerprint density at radius 2 is 1.38 bits per heavy atom. The minimum absolute atomic E-state index is 0.245. The first-order valence-corrected chi connectivity index (χ1v) is 5.74. The molecule has 2 nitrogen and oxygen atoms in total. The maximum atomic E-state index is 5.97. The van der Waals surface area contributed by atoms with Gasteiger partial charge >= 0.3 is 7.12 Å². The van der Waals surface area contributed by atoms with Crippen LogP contribution in [0.25, 0.3) is 0 Å². The van der Waals surface area contributed by atoms with Crippen LogP contribution in [0.15, 0.2) is 24.3 Å². The summed E-state index contributed by atoms with van der Waals surface area (Å²) in [5.74, 6) is 0. The molecule has 1 aliphatic rings. The maximum absolute atomic E-state index is 5.97. The van der Waals surface area contributed by atoms with Crippen molar-refractivity contribution in [2.75, 3.05) is 0 Å². The lowest BCUT2D eigenvalue weighted by Gasteiger charge is -2.32. The molecule has 16 heavy (non-hydrogen) atoms. The fourth-order valence-electron chi connectivity index (χ4n) is 1.70. The van der Waals surface area contributed by atoms with Gasteiger partial charge in [-0.3, -0.25) is 0 Å². The normalized spacial score (nSPS) is 22.4. The number of benzene rings is 1. The first-order valence-electron chi connectivity index (χ1n) is 5.74. The van der Waals surface area contributed by atoms with Crippen molar-refractivity contribution in [3.8, 4) is 0 Å². The Kier molecular flexibility index (Phi) is 2.67. The zero-order valence-corrected chi connectivity index (χ0v) is 10.7. The molecule has 0 bridgehead atoms. The molecule has 0 amide bonds. The minimum atomic E-state index is -0.261. The van der Waals surface area contributed by atoms with Gasteiger partial charge in [0.25, 0.3) is 0 Å². The first kappa shape index (κ1) is 11.7. The van der Waals surface area contributed by atoms with Gasteiger partial charge in [-0.25, -0.2) is 0 Å². The molecular formula is C12H18B2O2. The van der Waals surface area contributed by atoms with Crippen LogP contribution in [0.4, 0.5) is 0 Å². The number of hydrogen-bond donors (Lipinski definition) is 0. The Morgan fingerprint density at radius 1 is 0.938 bits per heavy atom. The van der Waals surface area contributed by atoms with Crippen molar-refractivity contribution in [3.63, 3.8) is 0 Å². The van der Waals surface area contributed by atoms with Gasteiger partial charge < -0.3 is 9.31 Å². The smallest absolute Gasteiger partial charge is 0.399 e. The van der Waals surface area contributed by atoms with Gasteiger partial charge in [0.05, 0.1) is 11.2 Å². The predicted octanol–water partition coefficient (Wildman–Crippen LogP) is 0.244. The van der Waals surface area contributed by atoms with Crippen molar-refractivity contribution in [2.45, 2.75) is 38.9 Å². The third-order valence-electron chi connectivity index (χ3n) is 3.60. The molecule has 0 unspecified atom stereocenters. The molecule has 84 valence electrons. The van der Waals surface area contributed by atoms with Gasteiger partial charge in [-0.05, 0) is 33.2 Å². The fraction of sp³-hybridized carbons (Fsp3) is 0.500. The van der Waals surface area contributed by atoms with Crippen LogP contribution >= 0.6 is 0 Å². The van der Waals surface area contributed by atoms with Gasteiger partial charge in [-0.15, -0.1) is 0 Å². The van der Waals surface area contributed by atoms with E-state index in [0.717, 1.165) is 5.46 Å². The molecule has 4 heteroatoms. The monoisotopic (exact) mass is 216 g/mol. The summed E-state index contributed by atoms with van der Waals surface area (Å²) in [6, 6.07) is 8.30. The first-order chi connectivity index (χ1) is 7.32. The summed E-state index contributed by atoms with van der Waals surface area (Å²) in [5.41, 5.74) is 1.81. The Labute approximate surface area is 98.9 Å². The van der Waals surface area contributed by atoms with E-state index in [4.69, 9.17) is 9.31 Å². The highest BCUT2D eigenvalue weighted by atomic mass is 16.7. The molecule has 1 aromatic carbocycles. The Morgan fingerprint density at radius 3 is 1.81 bits per heavy atom. The van der Waals surface area contributed by atoms with E-state index >= 15 is 0 Å². The van der Waals surface area contributed by atoms with E-state index in [9.17, 15) is 0 Å². The van der Waals surface area contributed by atoms with Crippen LogP contribution in [0.2, 0.25) is 0 Å². The van der Waals surface area contributed by atoms with Crippen molar-refractivity contribution < 1.29 is 9.31 Å². The molecule has 0 N–H and O–H groups in total. The van der Waals surface area contributed by atoms with Gasteiger partial charge in [-0.1, -0.05) is 29.7 Å². The predicted molar refractivity (Wildman–Crippen MR) is 70.3 cm³/mol. The Bertz CT molecular complexity index is 369. The van der Waals surface area contributed by atoms with Crippen LogP contribution in [-0.4, -0.2) is 26.2 Å². The summed E-state index contributed by atoms with van der Waals surface area (Å²) in [4.78, 5) is 0. The maximum Gasteiger partial charge on any atom is 0.494 e. The molecule has 0 atom stereocenters. The van der Waals surface area contributed by atoms with Crippen molar-refractivity contribution in [3.05, 3.63) is 24.3 Å². The summed E-state index contributed by atoms with van der Waals surface area (Å²) in [6.07, 6.45) is 0. The van der Waals surface area contributed by atoms with E-state index < -0.39 is 0 Å². The van der Waals surface area contributed by atoms with Crippen molar-refractivity contribution in [1.82, 2.24) is 0 Å². The largest absolute Gasteiger partial charge is 0.494 e. The van der Waals surface area contributed by atoms with E-state index in [1.165, 1.54) is 5.46 Å². The SMILES string of the molecule is Bc1ccc(B2OC(C)(C)C(C)(C)O2)cc1. The lowest BCUT2D eigenvalue weighted by Crippen LogP contribution is -2.41. The molecule has 1 heterocycles. The van der Waals surface area contributed by atoms with E-state index in [1.807, 2.05) is 0 Å². The van der Waals surface area contributed by atoms with Gasteiger partial charge in [0.1, 0.15) is 7.85 Å². The lowest BCUT2D eigenvalue weighted by molar-refractivity contribution is 0.00578. The number of hydrogen-bond acceptors (Lipinski definition) is 2. The molecule has 1 aliphatic heterocycles. The third-order valence-corrected chi connectivity index (χ3v) is 3.60. The van der Waals surface area contributed by atoms with Gasteiger partial charge in [0.15, 0.2) is 0 Å². The van der Waals surface area contributed by atoms with E-state index in [1.54, 1.807) is 0 Å². The molecule has 0 saturated carbocycles. The van der Waals surface area contributed by atoms with Crippen LogP contribution in [0.5, 0.6) is 0 Å². The Balaban J connectivity index is 2.23. The molecule has 2 rings (SSSR count). The van der Waals surface area contributed by atoms with E-state index in [-0.39, 0.29) is 18.3 Å². The zero-order valence-electron chi connectivity index (χ0n) is 10.7. The lowest BCUT2D eigenvalue weighted by atomic mass is 9.77. The van der Waals surface area contributed by atoms with E-state index in [2.05, 4.69) is 59.8 Å². The second kappa shape index (κ2) is 3.64. The van der Waals surface area contributed by atoms with Gasteiger partial charge in [0.2, 0.25) is 0 Å². The third kappa shape index (κ3) is 1.92. The van der Waals surface area contributed by atoms with E-state index in [0.29, 0.717) is 0 Å². The van der Waals surface area contributed by atoms with Crippen molar-refractivity contribution >= 4 is 25.9 Å². The molecule has 1 saturated heterocycles. The highest BCUT2D eigenvalue weighted by molar-refractivity contribution is 6.62. The summed E-state index contributed by atoms with van der Waals surface area (Å²) < 4.78 is 11.9. The van der Waals surface area contributed by atoms with Crippen LogP contribution in [0.1, 0.15) is 27.7 Å². The average Bonchev–Trinajstić information content (AvgIpc) is 2.37. The highest BCUT2D eigenvalue weighted by Crippen LogP contribution is 2.36. The van der Waals surface area contributed by atoms with Crippen molar-refractivity contribution in [1.29, 1.82) is 0 Å². The zero-order chi connectivity index (χ0) is 12.0. The molecule has 0 radical (unpaired) electrons. The van der Waals surface area contributed by atoms with Crippen molar-refractivity contribution in [2.24, 2.45) is 0 Å². The van der Waals surface area contributed by atoms with Crippen LogP contribution < -0.4 is 10.9 Å².